The Kier molecular flexibility index (Phi) is 3.93. The van der Waals surface area contributed by atoms with Crippen molar-refractivity contribution in [2.45, 2.75) is 12.5 Å². The van der Waals surface area contributed by atoms with E-state index in [1.165, 1.54) is 10.5 Å². The Bertz CT molecular complexity index is 231. The van der Waals surface area contributed by atoms with Crippen LogP contribution in [0.2, 0.25) is 0 Å². The van der Waals surface area contributed by atoms with Gasteiger partial charge in [-0.05, 0) is 5.56 Å². The average Bonchev–Trinajstić information content (AvgIpc) is 2.15. The van der Waals surface area contributed by atoms with Crippen molar-refractivity contribution in [1.82, 2.24) is 0 Å². The lowest BCUT2D eigenvalue weighted by Gasteiger charge is -2.17. The van der Waals surface area contributed by atoms with Crippen LogP contribution in [-0.4, -0.2) is 26.7 Å². The maximum absolute atomic E-state index is 3.98. The first-order valence-electron chi connectivity index (χ1n) is 4.87. The zero-order valence-corrected chi connectivity index (χ0v) is 8.59. The molecular formula is C11H20N2+2. The Morgan fingerprint density at radius 1 is 1.23 bits per heavy atom. The summed E-state index contributed by atoms with van der Waals surface area (Å²) >= 11 is 0. The SMILES string of the molecule is C[NH+](C)[C@@H](C[NH3+])Cc1ccccc1. The molecule has 0 fully saturated rings. The predicted octanol–water partition coefficient (Wildman–Crippen LogP) is -1.02. The van der Waals surface area contributed by atoms with Crippen LogP contribution in [-0.2, 0) is 6.42 Å². The normalized spacial score (nSPS) is 13.2. The highest BCUT2D eigenvalue weighted by Gasteiger charge is 2.14. The number of quaternary nitrogens is 2. The monoisotopic (exact) mass is 180 g/mol. The van der Waals surface area contributed by atoms with E-state index >= 15 is 0 Å². The van der Waals surface area contributed by atoms with E-state index in [2.05, 4.69) is 50.2 Å². The van der Waals surface area contributed by atoms with Crippen LogP contribution < -0.4 is 10.6 Å². The lowest BCUT2D eigenvalue weighted by molar-refractivity contribution is -0.892. The first-order chi connectivity index (χ1) is 6.24. The molecule has 2 nitrogen and oxygen atoms in total. The third-order valence-electron chi connectivity index (χ3n) is 2.49. The van der Waals surface area contributed by atoms with Gasteiger partial charge in [-0.15, -0.1) is 0 Å². The van der Waals surface area contributed by atoms with Gasteiger partial charge in [-0.1, -0.05) is 30.3 Å². The van der Waals surface area contributed by atoms with Crippen LogP contribution in [0.1, 0.15) is 5.56 Å². The average molecular weight is 180 g/mol. The second-order valence-corrected chi connectivity index (χ2v) is 3.75. The van der Waals surface area contributed by atoms with Crippen molar-refractivity contribution in [3.63, 3.8) is 0 Å². The third-order valence-corrected chi connectivity index (χ3v) is 2.49. The van der Waals surface area contributed by atoms with Crippen molar-refractivity contribution < 1.29 is 10.6 Å². The largest absolute Gasteiger partial charge is 0.353 e. The summed E-state index contributed by atoms with van der Waals surface area (Å²) in [4.78, 5) is 1.49. The molecule has 0 heterocycles. The van der Waals surface area contributed by atoms with Gasteiger partial charge < -0.3 is 10.6 Å². The van der Waals surface area contributed by atoms with Crippen LogP contribution in [0.15, 0.2) is 30.3 Å². The Morgan fingerprint density at radius 2 is 1.85 bits per heavy atom. The zero-order chi connectivity index (χ0) is 9.68. The summed E-state index contributed by atoms with van der Waals surface area (Å²) in [5, 5.41) is 0. The van der Waals surface area contributed by atoms with E-state index in [0.717, 1.165) is 13.0 Å². The van der Waals surface area contributed by atoms with Crippen molar-refractivity contribution in [2.75, 3.05) is 20.6 Å². The van der Waals surface area contributed by atoms with Gasteiger partial charge in [-0.2, -0.15) is 0 Å². The van der Waals surface area contributed by atoms with Gasteiger partial charge in [0, 0.05) is 6.42 Å². The van der Waals surface area contributed by atoms with Gasteiger partial charge >= 0.3 is 0 Å². The van der Waals surface area contributed by atoms with E-state index in [1.54, 1.807) is 0 Å². The molecule has 72 valence electrons. The van der Waals surface area contributed by atoms with Crippen LogP contribution in [0, 0.1) is 0 Å². The number of likely N-dealkylation sites (N-methyl/N-ethyl adjacent to an activating group) is 1. The summed E-state index contributed by atoms with van der Waals surface area (Å²) in [6.07, 6.45) is 1.13. The molecule has 1 rings (SSSR count). The van der Waals surface area contributed by atoms with Crippen molar-refractivity contribution in [3.8, 4) is 0 Å². The summed E-state index contributed by atoms with van der Waals surface area (Å²) in [5.41, 5.74) is 5.40. The minimum Gasteiger partial charge on any atom is -0.353 e. The summed E-state index contributed by atoms with van der Waals surface area (Å²) in [6.45, 7) is 0.997. The molecule has 0 aliphatic rings. The highest BCUT2D eigenvalue weighted by atomic mass is 15.1. The molecule has 0 aliphatic heterocycles. The summed E-state index contributed by atoms with van der Waals surface area (Å²) in [6, 6.07) is 11.3. The molecule has 13 heavy (non-hydrogen) atoms. The quantitative estimate of drug-likeness (QED) is 0.595. The molecule has 0 aromatic heterocycles. The molecule has 1 aromatic rings. The fraction of sp³-hybridized carbons (Fsp3) is 0.455. The fourth-order valence-corrected chi connectivity index (χ4v) is 1.49. The van der Waals surface area contributed by atoms with Crippen molar-refractivity contribution in [3.05, 3.63) is 35.9 Å². The van der Waals surface area contributed by atoms with E-state index in [1.807, 2.05) is 0 Å². The number of rotatable bonds is 4. The second-order valence-electron chi connectivity index (χ2n) is 3.75. The molecule has 0 saturated heterocycles. The van der Waals surface area contributed by atoms with Crippen LogP contribution in [0.5, 0.6) is 0 Å². The fourth-order valence-electron chi connectivity index (χ4n) is 1.49. The summed E-state index contributed by atoms with van der Waals surface area (Å²) < 4.78 is 0. The molecule has 1 atom stereocenters. The van der Waals surface area contributed by atoms with Crippen molar-refractivity contribution in [2.24, 2.45) is 0 Å². The molecule has 0 spiro atoms. The van der Waals surface area contributed by atoms with Crippen LogP contribution in [0.3, 0.4) is 0 Å². The van der Waals surface area contributed by atoms with Crippen LogP contribution in [0.25, 0.3) is 0 Å². The van der Waals surface area contributed by atoms with E-state index in [9.17, 15) is 0 Å². The van der Waals surface area contributed by atoms with Gasteiger partial charge in [0.1, 0.15) is 12.6 Å². The molecule has 1 aromatic carbocycles. The number of hydrogen-bond donors (Lipinski definition) is 2. The highest BCUT2D eigenvalue weighted by Crippen LogP contribution is 2.00. The molecule has 0 amide bonds. The molecule has 0 bridgehead atoms. The van der Waals surface area contributed by atoms with Gasteiger partial charge in [-0.3, -0.25) is 0 Å². The predicted molar refractivity (Wildman–Crippen MR) is 54.5 cm³/mol. The Labute approximate surface area is 80.4 Å². The minimum absolute atomic E-state index is 0.641. The topological polar surface area (TPSA) is 32.1 Å². The maximum atomic E-state index is 3.98. The molecule has 0 radical (unpaired) electrons. The molecular weight excluding hydrogens is 160 g/mol. The van der Waals surface area contributed by atoms with Crippen molar-refractivity contribution >= 4 is 0 Å². The molecule has 0 aliphatic carbocycles. The highest BCUT2D eigenvalue weighted by molar-refractivity contribution is 5.15. The standard InChI is InChI=1S/C11H18N2/c1-13(2)11(9-12)8-10-6-4-3-5-7-10/h3-7,11H,8-9,12H2,1-2H3/p+2/t11-/m1/s1. The number of nitrogens with one attached hydrogen (secondary N) is 1. The summed E-state index contributed by atoms with van der Waals surface area (Å²) in [7, 11) is 4.39. The second kappa shape index (κ2) is 5.00. The van der Waals surface area contributed by atoms with E-state index in [4.69, 9.17) is 0 Å². The zero-order valence-electron chi connectivity index (χ0n) is 8.59. The molecule has 2 heteroatoms. The number of benzene rings is 1. The Balaban J connectivity index is 2.57. The van der Waals surface area contributed by atoms with Gasteiger partial charge in [0.25, 0.3) is 0 Å². The maximum Gasteiger partial charge on any atom is 0.140 e. The summed E-state index contributed by atoms with van der Waals surface area (Å²) in [5.74, 6) is 0. The molecule has 4 N–H and O–H groups in total. The van der Waals surface area contributed by atoms with E-state index in [0.29, 0.717) is 6.04 Å². The smallest absolute Gasteiger partial charge is 0.140 e. The third kappa shape index (κ3) is 3.17. The van der Waals surface area contributed by atoms with Crippen molar-refractivity contribution in [1.29, 1.82) is 0 Å². The Hall–Kier alpha value is -0.860. The molecule has 0 unspecified atom stereocenters. The van der Waals surface area contributed by atoms with Crippen LogP contribution >= 0.6 is 0 Å². The Morgan fingerprint density at radius 3 is 2.31 bits per heavy atom. The van der Waals surface area contributed by atoms with Gasteiger partial charge in [0.2, 0.25) is 0 Å². The van der Waals surface area contributed by atoms with Crippen LogP contribution in [0.4, 0.5) is 0 Å². The lowest BCUT2D eigenvalue weighted by Crippen LogP contribution is -3.12. The molecule has 0 saturated carbocycles. The lowest BCUT2D eigenvalue weighted by atomic mass is 10.1. The van der Waals surface area contributed by atoms with Gasteiger partial charge in [0.15, 0.2) is 0 Å². The van der Waals surface area contributed by atoms with Gasteiger partial charge in [0.05, 0.1) is 14.1 Å². The van der Waals surface area contributed by atoms with E-state index in [-0.39, 0.29) is 0 Å². The number of hydrogen-bond acceptors (Lipinski definition) is 0. The van der Waals surface area contributed by atoms with E-state index < -0.39 is 0 Å². The first kappa shape index (κ1) is 10.2. The minimum atomic E-state index is 0.641. The van der Waals surface area contributed by atoms with Gasteiger partial charge in [-0.25, -0.2) is 0 Å². The first-order valence-corrected chi connectivity index (χ1v) is 4.87.